The van der Waals surface area contributed by atoms with Crippen LogP contribution in [0, 0.1) is 6.92 Å². The molecule has 1 aromatic rings. The van der Waals surface area contributed by atoms with E-state index in [4.69, 9.17) is 4.74 Å². The van der Waals surface area contributed by atoms with Gasteiger partial charge in [0, 0.05) is 20.1 Å². The first-order valence-electron chi connectivity index (χ1n) is 5.99. The van der Waals surface area contributed by atoms with Gasteiger partial charge in [-0.15, -0.1) is 10.2 Å². The second-order valence-corrected chi connectivity index (χ2v) is 5.59. The molecule has 0 spiro atoms. The number of hydrogen-bond acceptors (Lipinski definition) is 5. The van der Waals surface area contributed by atoms with E-state index in [1.165, 1.54) is 11.8 Å². The number of rotatable bonds is 3. The van der Waals surface area contributed by atoms with Crippen molar-refractivity contribution in [1.82, 2.24) is 19.7 Å². The van der Waals surface area contributed by atoms with E-state index in [0.717, 1.165) is 11.0 Å². The molecule has 1 aromatic heterocycles. The third-order valence-electron chi connectivity index (χ3n) is 3.01. The molecule has 0 N–H and O–H groups in total. The number of hydrogen-bond donors (Lipinski definition) is 0. The minimum Gasteiger partial charge on any atom is -0.378 e. The first kappa shape index (κ1) is 13.4. The lowest BCUT2D eigenvalue weighted by molar-refractivity contribution is -0.134. The Bertz CT molecular complexity index is 429. The second-order valence-electron chi connectivity index (χ2n) is 4.29. The molecular formula is C11H18N4O2S. The summed E-state index contributed by atoms with van der Waals surface area (Å²) in [6.45, 7) is 6.43. The fourth-order valence-corrected chi connectivity index (χ4v) is 2.68. The Morgan fingerprint density at radius 3 is 2.61 bits per heavy atom. The number of aryl methyl sites for hydroxylation is 1. The van der Waals surface area contributed by atoms with Gasteiger partial charge in [-0.05, 0) is 13.8 Å². The van der Waals surface area contributed by atoms with E-state index < -0.39 is 0 Å². The molecule has 0 radical (unpaired) electrons. The molecule has 1 aliphatic rings. The van der Waals surface area contributed by atoms with Crippen molar-refractivity contribution in [2.45, 2.75) is 24.3 Å². The molecule has 100 valence electrons. The smallest absolute Gasteiger partial charge is 0.236 e. The van der Waals surface area contributed by atoms with Crippen molar-refractivity contribution in [3.63, 3.8) is 0 Å². The van der Waals surface area contributed by atoms with Gasteiger partial charge in [0.1, 0.15) is 5.82 Å². The van der Waals surface area contributed by atoms with Crippen LogP contribution in [0.2, 0.25) is 0 Å². The maximum absolute atomic E-state index is 12.2. The Hall–Kier alpha value is -1.08. The van der Waals surface area contributed by atoms with Crippen LogP contribution >= 0.6 is 11.8 Å². The van der Waals surface area contributed by atoms with Gasteiger partial charge in [-0.25, -0.2) is 0 Å². The topological polar surface area (TPSA) is 60.3 Å². The molecule has 0 aromatic carbocycles. The van der Waals surface area contributed by atoms with Crippen LogP contribution in [-0.2, 0) is 16.6 Å². The summed E-state index contributed by atoms with van der Waals surface area (Å²) in [7, 11) is 1.91. The Morgan fingerprint density at radius 1 is 1.39 bits per heavy atom. The zero-order valence-electron chi connectivity index (χ0n) is 10.9. The van der Waals surface area contributed by atoms with Gasteiger partial charge in [0.05, 0.1) is 18.5 Å². The van der Waals surface area contributed by atoms with Crippen LogP contribution in [0.3, 0.4) is 0 Å². The Labute approximate surface area is 111 Å². The van der Waals surface area contributed by atoms with Gasteiger partial charge >= 0.3 is 0 Å². The lowest BCUT2D eigenvalue weighted by Crippen LogP contribution is -2.44. The standard InChI is InChI=1S/C11H18N4O2S/c1-8(10(16)15-4-6-17-7-5-15)18-11-13-12-9(2)14(11)3/h8H,4-7H2,1-3H3/t8-/m1/s1. The highest BCUT2D eigenvalue weighted by Gasteiger charge is 2.24. The minimum absolute atomic E-state index is 0.143. The van der Waals surface area contributed by atoms with Crippen molar-refractivity contribution >= 4 is 17.7 Å². The largest absolute Gasteiger partial charge is 0.378 e. The molecule has 0 bridgehead atoms. The van der Waals surface area contributed by atoms with Gasteiger partial charge in [-0.3, -0.25) is 4.79 Å². The normalized spacial score (nSPS) is 17.8. The summed E-state index contributed by atoms with van der Waals surface area (Å²) < 4.78 is 7.14. The summed E-state index contributed by atoms with van der Waals surface area (Å²) in [4.78, 5) is 14.1. The molecule has 0 aliphatic carbocycles. The molecule has 1 aliphatic heterocycles. The molecule has 0 unspecified atom stereocenters. The summed E-state index contributed by atoms with van der Waals surface area (Å²) in [5, 5.41) is 8.68. The maximum atomic E-state index is 12.2. The number of carbonyl (C=O) groups excluding carboxylic acids is 1. The summed E-state index contributed by atoms with van der Waals surface area (Å²) >= 11 is 1.45. The van der Waals surface area contributed by atoms with Crippen LogP contribution in [0.1, 0.15) is 12.7 Å². The van der Waals surface area contributed by atoms with Gasteiger partial charge in [-0.2, -0.15) is 0 Å². The van der Waals surface area contributed by atoms with Gasteiger partial charge in [-0.1, -0.05) is 11.8 Å². The number of thioether (sulfide) groups is 1. The van der Waals surface area contributed by atoms with E-state index in [1.807, 2.05) is 30.4 Å². The molecule has 2 heterocycles. The number of aromatic nitrogens is 3. The molecule has 6 nitrogen and oxygen atoms in total. The summed E-state index contributed by atoms with van der Waals surface area (Å²) in [6.07, 6.45) is 0. The number of morpholine rings is 1. The third-order valence-corrected chi connectivity index (χ3v) is 4.13. The molecule has 0 saturated carbocycles. The van der Waals surface area contributed by atoms with Crippen LogP contribution in [0.15, 0.2) is 5.16 Å². The van der Waals surface area contributed by atoms with Crippen LogP contribution in [0.25, 0.3) is 0 Å². The molecule has 1 saturated heterocycles. The van der Waals surface area contributed by atoms with Crippen molar-refractivity contribution in [3.05, 3.63) is 5.82 Å². The van der Waals surface area contributed by atoms with E-state index in [9.17, 15) is 4.79 Å². The fraction of sp³-hybridized carbons (Fsp3) is 0.727. The van der Waals surface area contributed by atoms with E-state index in [-0.39, 0.29) is 11.2 Å². The van der Waals surface area contributed by atoms with E-state index in [2.05, 4.69) is 10.2 Å². The predicted octanol–water partition coefficient (Wildman–Crippen LogP) is 0.463. The third kappa shape index (κ3) is 2.84. The fourth-order valence-electron chi connectivity index (χ4n) is 1.74. The molecule has 18 heavy (non-hydrogen) atoms. The first-order valence-corrected chi connectivity index (χ1v) is 6.86. The average molecular weight is 270 g/mol. The average Bonchev–Trinajstić information content (AvgIpc) is 2.71. The second kappa shape index (κ2) is 5.71. The van der Waals surface area contributed by atoms with Crippen molar-refractivity contribution in [1.29, 1.82) is 0 Å². The van der Waals surface area contributed by atoms with Gasteiger partial charge in [0.2, 0.25) is 5.91 Å². The number of amides is 1. The van der Waals surface area contributed by atoms with Crippen molar-refractivity contribution in [3.8, 4) is 0 Å². The molecule has 1 amide bonds. The molecule has 1 atom stereocenters. The number of carbonyl (C=O) groups is 1. The number of nitrogens with zero attached hydrogens (tertiary/aromatic N) is 4. The minimum atomic E-state index is -0.148. The molecule has 1 fully saturated rings. The highest BCUT2D eigenvalue weighted by atomic mass is 32.2. The van der Waals surface area contributed by atoms with Crippen molar-refractivity contribution < 1.29 is 9.53 Å². The van der Waals surface area contributed by atoms with Crippen molar-refractivity contribution in [2.75, 3.05) is 26.3 Å². The van der Waals surface area contributed by atoms with Crippen molar-refractivity contribution in [2.24, 2.45) is 7.05 Å². The van der Waals surface area contributed by atoms with Crippen LogP contribution < -0.4 is 0 Å². The van der Waals surface area contributed by atoms with E-state index in [0.29, 0.717) is 26.3 Å². The molecular weight excluding hydrogens is 252 g/mol. The zero-order valence-corrected chi connectivity index (χ0v) is 11.7. The van der Waals surface area contributed by atoms with Gasteiger partial charge in [0.15, 0.2) is 5.16 Å². The highest BCUT2D eigenvalue weighted by Crippen LogP contribution is 2.22. The summed E-state index contributed by atoms with van der Waals surface area (Å²) in [5.41, 5.74) is 0. The monoisotopic (exact) mass is 270 g/mol. The SMILES string of the molecule is Cc1nnc(S[C@H](C)C(=O)N2CCOCC2)n1C. The summed E-state index contributed by atoms with van der Waals surface area (Å²) in [5.74, 6) is 0.993. The Morgan fingerprint density at radius 2 is 2.06 bits per heavy atom. The van der Waals surface area contributed by atoms with E-state index >= 15 is 0 Å². The summed E-state index contributed by atoms with van der Waals surface area (Å²) in [6, 6.07) is 0. The van der Waals surface area contributed by atoms with Gasteiger partial charge < -0.3 is 14.2 Å². The lowest BCUT2D eigenvalue weighted by atomic mass is 10.3. The highest BCUT2D eigenvalue weighted by molar-refractivity contribution is 8.00. The Balaban J connectivity index is 1.96. The van der Waals surface area contributed by atoms with E-state index in [1.54, 1.807) is 0 Å². The molecule has 7 heteroatoms. The Kier molecular flexibility index (Phi) is 4.23. The molecule has 2 rings (SSSR count). The predicted molar refractivity (Wildman–Crippen MR) is 68.5 cm³/mol. The zero-order chi connectivity index (χ0) is 13.1. The lowest BCUT2D eigenvalue weighted by Gasteiger charge is -2.28. The van der Waals surface area contributed by atoms with Crippen LogP contribution in [0.4, 0.5) is 0 Å². The van der Waals surface area contributed by atoms with Crippen LogP contribution in [0.5, 0.6) is 0 Å². The van der Waals surface area contributed by atoms with Crippen LogP contribution in [-0.4, -0.2) is 57.1 Å². The maximum Gasteiger partial charge on any atom is 0.236 e. The number of ether oxygens (including phenoxy) is 1. The van der Waals surface area contributed by atoms with Gasteiger partial charge in [0.25, 0.3) is 0 Å². The first-order chi connectivity index (χ1) is 8.59. The quantitative estimate of drug-likeness (QED) is 0.747.